The van der Waals surface area contributed by atoms with Gasteiger partial charge in [0.1, 0.15) is 12.4 Å². The molecule has 0 bridgehead atoms. The first-order valence-corrected chi connectivity index (χ1v) is 7.32. The number of rotatable bonds is 4. The van der Waals surface area contributed by atoms with Gasteiger partial charge in [0.15, 0.2) is 5.82 Å². The van der Waals surface area contributed by atoms with Crippen molar-refractivity contribution in [3.05, 3.63) is 36.2 Å². The maximum absolute atomic E-state index is 5.81. The molecule has 0 atom stereocenters. The van der Waals surface area contributed by atoms with Crippen LogP contribution in [-0.4, -0.2) is 53.1 Å². The molecule has 0 saturated carbocycles. The fraction of sp³-hybridized carbons (Fsp3) is 0.400. The number of likely N-dealkylation sites (N-methyl/N-ethyl adjacent to an activating group) is 1. The third-order valence-corrected chi connectivity index (χ3v) is 3.58. The van der Waals surface area contributed by atoms with Crippen LogP contribution in [0.4, 0.5) is 11.9 Å². The summed E-state index contributed by atoms with van der Waals surface area (Å²) in [5, 5.41) is 0. The minimum Gasteiger partial charge on any atom is -0.486 e. The quantitative estimate of drug-likeness (QED) is 0.894. The van der Waals surface area contributed by atoms with E-state index in [0.29, 0.717) is 11.8 Å². The van der Waals surface area contributed by atoms with Crippen LogP contribution >= 0.6 is 0 Å². The van der Waals surface area contributed by atoms with E-state index in [9.17, 15) is 0 Å². The van der Waals surface area contributed by atoms with Crippen LogP contribution in [0.15, 0.2) is 30.3 Å². The molecule has 7 nitrogen and oxygen atoms in total. The number of para-hydroxylation sites is 1. The summed E-state index contributed by atoms with van der Waals surface area (Å²) in [5.41, 5.74) is 5.81. The summed E-state index contributed by atoms with van der Waals surface area (Å²) in [7, 11) is 2.11. The predicted molar refractivity (Wildman–Crippen MR) is 84.7 cm³/mol. The standard InChI is InChI=1S/C15H20N6O/c1-20-7-9-21(10-8-20)15-18-13(17-14(16)19-15)11-22-12-5-3-2-4-6-12/h2-6H,7-11H2,1H3,(H2,16,17,18,19). The van der Waals surface area contributed by atoms with Crippen LogP contribution in [0.2, 0.25) is 0 Å². The number of aromatic nitrogens is 3. The maximum Gasteiger partial charge on any atom is 0.230 e. The first-order chi connectivity index (χ1) is 10.7. The van der Waals surface area contributed by atoms with Crippen LogP contribution < -0.4 is 15.4 Å². The number of nitrogens with zero attached hydrogens (tertiary/aromatic N) is 5. The van der Waals surface area contributed by atoms with Crippen molar-refractivity contribution in [1.29, 1.82) is 0 Å². The lowest BCUT2D eigenvalue weighted by molar-refractivity contribution is 0.294. The van der Waals surface area contributed by atoms with Gasteiger partial charge in [-0.2, -0.15) is 15.0 Å². The number of hydrogen-bond acceptors (Lipinski definition) is 7. The summed E-state index contributed by atoms with van der Waals surface area (Å²) in [5.74, 6) is 2.19. The molecule has 1 saturated heterocycles. The fourth-order valence-corrected chi connectivity index (χ4v) is 2.30. The van der Waals surface area contributed by atoms with Crippen LogP contribution in [-0.2, 0) is 6.61 Å². The highest BCUT2D eigenvalue weighted by molar-refractivity contribution is 5.35. The monoisotopic (exact) mass is 300 g/mol. The summed E-state index contributed by atoms with van der Waals surface area (Å²) < 4.78 is 5.67. The molecular formula is C15H20N6O. The van der Waals surface area contributed by atoms with Gasteiger partial charge in [-0.1, -0.05) is 18.2 Å². The van der Waals surface area contributed by atoms with Crippen molar-refractivity contribution in [1.82, 2.24) is 19.9 Å². The van der Waals surface area contributed by atoms with E-state index in [4.69, 9.17) is 10.5 Å². The highest BCUT2D eigenvalue weighted by Gasteiger charge is 2.18. The van der Waals surface area contributed by atoms with Crippen LogP contribution in [0.5, 0.6) is 5.75 Å². The highest BCUT2D eigenvalue weighted by atomic mass is 16.5. The number of nitrogens with two attached hydrogens (primary N) is 1. The number of piperazine rings is 1. The minimum absolute atomic E-state index is 0.232. The second kappa shape index (κ2) is 6.57. The Morgan fingerprint density at radius 1 is 1.05 bits per heavy atom. The summed E-state index contributed by atoms with van der Waals surface area (Å²) in [4.78, 5) is 17.3. The molecule has 1 aliphatic heterocycles. The van der Waals surface area contributed by atoms with Crippen molar-refractivity contribution >= 4 is 11.9 Å². The van der Waals surface area contributed by atoms with E-state index in [2.05, 4.69) is 31.8 Å². The molecule has 22 heavy (non-hydrogen) atoms. The van der Waals surface area contributed by atoms with Crippen molar-refractivity contribution in [2.75, 3.05) is 43.9 Å². The molecule has 0 unspecified atom stereocenters. The van der Waals surface area contributed by atoms with Gasteiger partial charge in [0.05, 0.1) is 0 Å². The third kappa shape index (κ3) is 3.62. The zero-order chi connectivity index (χ0) is 15.4. The third-order valence-electron chi connectivity index (χ3n) is 3.58. The lowest BCUT2D eigenvalue weighted by Gasteiger charge is -2.32. The van der Waals surface area contributed by atoms with E-state index in [0.717, 1.165) is 31.9 Å². The molecule has 1 fully saturated rings. The lowest BCUT2D eigenvalue weighted by Crippen LogP contribution is -2.45. The summed E-state index contributed by atoms with van der Waals surface area (Å²) >= 11 is 0. The Hall–Kier alpha value is -2.41. The predicted octanol–water partition coefficient (Wildman–Crippen LogP) is 0.785. The first kappa shape index (κ1) is 14.5. The zero-order valence-electron chi connectivity index (χ0n) is 12.6. The van der Waals surface area contributed by atoms with Gasteiger partial charge in [0, 0.05) is 26.2 Å². The highest BCUT2D eigenvalue weighted by Crippen LogP contribution is 2.14. The van der Waals surface area contributed by atoms with Gasteiger partial charge in [0.2, 0.25) is 11.9 Å². The molecule has 0 amide bonds. The molecule has 7 heteroatoms. The van der Waals surface area contributed by atoms with E-state index in [1.54, 1.807) is 0 Å². The number of anilines is 2. The lowest BCUT2D eigenvalue weighted by atomic mass is 10.3. The Morgan fingerprint density at radius 2 is 1.77 bits per heavy atom. The van der Waals surface area contributed by atoms with E-state index in [-0.39, 0.29) is 12.6 Å². The topological polar surface area (TPSA) is 80.4 Å². The largest absolute Gasteiger partial charge is 0.486 e. The summed E-state index contributed by atoms with van der Waals surface area (Å²) in [6.07, 6.45) is 0. The number of hydrogen-bond donors (Lipinski definition) is 1. The van der Waals surface area contributed by atoms with Crippen molar-refractivity contribution < 1.29 is 4.74 Å². The molecule has 1 aromatic heterocycles. The Bertz CT molecular complexity index is 613. The van der Waals surface area contributed by atoms with Gasteiger partial charge in [-0.25, -0.2) is 0 Å². The molecule has 116 valence electrons. The van der Waals surface area contributed by atoms with Crippen molar-refractivity contribution in [3.8, 4) is 5.75 Å². The normalized spacial score (nSPS) is 15.8. The van der Waals surface area contributed by atoms with Crippen LogP contribution in [0.3, 0.4) is 0 Å². The average Bonchev–Trinajstić information content (AvgIpc) is 2.54. The minimum atomic E-state index is 0.232. The van der Waals surface area contributed by atoms with Crippen molar-refractivity contribution in [3.63, 3.8) is 0 Å². The van der Waals surface area contributed by atoms with Gasteiger partial charge in [-0.05, 0) is 19.2 Å². The molecule has 1 aliphatic rings. The Balaban J connectivity index is 1.70. The van der Waals surface area contributed by atoms with Crippen LogP contribution in [0.1, 0.15) is 5.82 Å². The van der Waals surface area contributed by atoms with E-state index < -0.39 is 0 Å². The molecule has 1 aromatic carbocycles. The molecule has 2 heterocycles. The zero-order valence-corrected chi connectivity index (χ0v) is 12.6. The van der Waals surface area contributed by atoms with E-state index >= 15 is 0 Å². The molecule has 2 N–H and O–H groups in total. The summed E-state index contributed by atoms with van der Waals surface area (Å²) in [6.45, 7) is 4.03. The van der Waals surface area contributed by atoms with Gasteiger partial charge < -0.3 is 20.3 Å². The van der Waals surface area contributed by atoms with E-state index in [1.165, 1.54) is 0 Å². The number of benzene rings is 1. The Kier molecular flexibility index (Phi) is 4.34. The molecule has 3 rings (SSSR count). The second-order valence-electron chi connectivity index (χ2n) is 5.30. The molecular weight excluding hydrogens is 280 g/mol. The fourth-order valence-electron chi connectivity index (χ4n) is 2.30. The molecule has 0 spiro atoms. The van der Waals surface area contributed by atoms with Gasteiger partial charge in [-0.3, -0.25) is 0 Å². The average molecular weight is 300 g/mol. The SMILES string of the molecule is CN1CCN(c2nc(N)nc(COc3ccccc3)n2)CC1. The molecule has 2 aromatic rings. The first-order valence-electron chi connectivity index (χ1n) is 7.32. The second-order valence-corrected chi connectivity index (χ2v) is 5.30. The van der Waals surface area contributed by atoms with Crippen molar-refractivity contribution in [2.45, 2.75) is 6.61 Å². The molecule has 0 aliphatic carbocycles. The van der Waals surface area contributed by atoms with Gasteiger partial charge in [-0.15, -0.1) is 0 Å². The smallest absolute Gasteiger partial charge is 0.230 e. The molecule has 0 radical (unpaired) electrons. The summed E-state index contributed by atoms with van der Waals surface area (Å²) in [6, 6.07) is 9.58. The Labute approximate surface area is 129 Å². The van der Waals surface area contributed by atoms with Gasteiger partial charge in [0.25, 0.3) is 0 Å². The van der Waals surface area contributed by atoms with E-state index in [1.807, 2.05) is 30.3 Å². The number of ether oxygens (including phenoxy) is 1. The van der Waals surface area contributed by atoms with Crippen LogP contribution in [0.25, 0.3) is 0 Å². The number of nitrogen functional groups attached to an aromatic ring is 1. The van der Waals surface area contributed by atoms with Crippen molar-refractivity contribution in [2.24, 2.45) is 0 Å². The maximum atomic E-state index is 5.81. The van der Waals surface area contributed by atoms with Gasteiger partial charge >= 0.3 is 0 Å². The Morgan fingerprint density at radius 3 is 2.50 bits per heavy atom. The van der Waals surface area contributed by atoms with Crippen LogP contribution in [0, 0.1) is 0 Å².